The van der Waals surface area contributed by atoms with Crippen LogP contribution in [0.2, 0.25) is 0 Å². The molecule has 0 fully saturated rings. The van der Waals surface area contributed by atoms with Crippen molar-refractivity contribution < 1.29 is 13.2 Å². The van der Waals surface area contributed by atoms with Crippen LogP contribution in [0, 0.1) is 0 Å². The highest BCUT2D eigenvalue weighted by molar-refractivity contribution is 7.89. The number of sulfonamides is 1. The molecule has 0 unspecified atom stereocenters. The summed E-state index contributed by atoms with van der Waals surface area (Å²) in [7, 11) is -3.60. The topological polar surface area (TPSA) is 87.3 Å². The minimum atomic E-state index is -3.60. The lowest BCUT2D eigenvalue weighted by Crippen LogP contribution is -2.38. The molecule has 6 nitrogen and oxygen atoms in total. The van der Waals surface area contributed by atoms with Crippen LogP contribution in [0.3, 0.4) is 0 Å². The van der Waals surface area contributed by atoms with Crippen LogP contribution < -0.4 is 15.4 Å². The summed E-state index contributed by atoms with van der Waals surface area (Å²) >= 11 is 0. The molecular formula is C21H19N3O3S. The predicted molar refractivity (Wildman–Crippen MR) is 107 cm³/mol. The van der Waals surface area contributed by atoms with E-state index in [0.717, 1.165) is 11.1 Å². The van der Waals surface area contributed by atoms with Crippen molar-refractivity contribution in [3.8, 4) is 0 Å². The molecule has 0 radical (unpaired) electrons. The Hall–Kier alpha value is -3.16. The molecule has 7 heteroatoms. The molecule has 4 rings (SSSR count). The fourth-order valence-electron chi connectivity index (χ4n) is 3.08. The van der Waals surface area contributed by atoms with E-state index in [1.54, 1.807) is 48.5 Å². The fourth-order valence-corrected chi connectivity index (χ4v) is 4.39. The SMILES string of the molecule is O=C(NCc1ccccc1)c1ccc([C@H]2Nc3ccccc3S(=O)(=O)N2)cc1. The van der Waals surface area contributed by atoms with Crippen molar-refractivity contribution in [3.63, 3.8) is 0 Å². The van der Waals surface area contributed by atoms with Gasteiger partial charge >= 0.3 is 0 Å². The largest absolute Gasteiger partial charge is 0.364 e. The third-order valence-electron chi connectivity index (χ3n) is 4.55. The maximum Gasteiger partial charge on any atom is 0.251 e. The molecule has 0 spiro atoms. The maximum absolute atomic E-state index is 12.4. The van der Waals surface area contributed by atoms with Gasteiger partial charge in [0.1, 0.15) is 11.1 Å². The number of anilines is 1. The smallest absolute Gasteiger partial charge is 0.251 e. The van der Waals surface area contributed by atoms with Crippen molar-refractivity contribution in [1.29, 1.82) is 0 Å². The van der Waals surface area contributed by atoms with Gasteiger partial charge in [-0.05, 0) is 35.4 Å². The minimum absolute atomic E-state index is 0.182. The number of rotatable bonds is 4. The normalized spacial score (nSPS) is 17.2. The molecule has 1 amide bonds. The molecule has 0 aromatic heterocycles. The average Bonchev–Trinajstić information content (AvgIpc) is 2.72. The van der Waals surface area contributed by atoms with Crippen LogP contribution in [0.4, 0.5) is 5.69 Å². The lowest BCUT2D eigenvalue weighted by molar-refractivity contribution is 0.0951. The van der Waals surface area contributed by atoms with Gasteiger partial charge in [-0.1, -0.05) is 54.6 Å². The molecule has 0 saturated carbocycles. The summed E-state index contributed by atoms with van der Waals surface area (Å²) in [5.74, 6) is -0.182. The molecule has 0 saturated heterocycles. The van der Waals surface area contributed by atoms with Crippen molar-refractivity contribution in [2.24, 2.45) is 0 Å². The van der Waals surface area contributed by atoms with Gasteiger partial charge in [0.25, 0.3) is 5.91 Å². The van der Waals surface area contributed by atoms with Gasteiger partial charge in [0.2, 0.25) is 10.0 Å². The Morgan fingerprint density at radius 1 is 0.893 bits per heavy atom. The van der Waals surface area contributed by atoms with Crippen molar-refractivity contribution in [2.75, 3.05) is 5.32 Å². The molecule has 1 atom stereocenters. The quantitative estimate of drug-likeness (QED) is 0.636. The van der Waals surface area contributed by atoms with Gasteiger partial charge < -0.3 is 10.6 Å². The van der Waals surface area contributed by atoms with Gasteiger partial charge in [0, 0.05) is 12.1 Å². The highest BCUT2D eigenvalue weighted by atomic mass is 32.2. The second-order valence-corrected chi connectivity index (χ2v) is 8.17. The standard InChI is InChI=1S/C21H19N3O3S/c25-21(22-14-15-6-2-1-3-7-15)17-12-10-16(11-13-17)20-23-18-8-4-5-9-19(18)28(26,27)24-20/h1-13,20,23-24H,14H2,(H,22,25)/t20-/m0/s1. The molecule has 142 valence electrons. The highest BCUT2D eigenvalue weighted by Crippen LogP contribution is 2.30. The molecule has 28 heavy (non-hydrogen) atoms. The molecular weight excluding hydrogens is 374 g/mol. The number of carbonyl (C=O) groups excluding carboxylic acids is 1. The number of fused-ring (bicyclic) bond motifs is 1. The number of carbonyl (C=O) groups is 1. The van der Waals surface area contributed by atoms with Gasteiger partial charge in [-0.25, -0.2) is 8.42 Å². The molecule has 3 aromatic rings. The second-order valence-electron chi connectivity index (χ2n) is 6.49. The van der Waals surface area contributed by atoms with Gasteiger partial charge in [0.05, 0.1) is 5.69 Å². The lowest BCUT2D eigenvalue weighted by Gasteiger charge is -2.28. The van der Waals surface area contributed by atoms with E-state index in [9.17, 15) is 13.2 Å². The Balaban J connectivity index is 1.47. The van der Waals surface area contributed by atoms with Gasteiger partial charge in [0.15, 0.2) is 0 Å². The molecule has 0 bridgehead atoms. The van der Waals surface area contributed by atoms with E-state index in [2.05, 4.69) is 15.4 Å². The minimum Gasteiger partial charge on any atom is -0.364 e. The van der Waals surface area contributed by atoms with Crippen LogP contribution in [-0.4, -0.2) is 14.3 Å². The van der Waals surface area contributed by atoms with E-state index in [1.165, 1.54) is 0 Å². The summed E-state index contributed by atoms with van der Waals surface area (Å²) in [6.45, 7) is 0.447. The number of hydrogen-bond acceptors (Lipinski definition) is 4. The third-order valence-corrected chi connectivity index (χ3v) is 6.03. The highest BCUT2D eigenvalue weighted by Gasteiger charge is 2.29. The zero-order chi connectivity index (χ0) is 19.6. The van der Waals surface area contributed by atoms with Crippen molar-refractivity contribution in [1.82, 2.24) is 10.0 Å². The lowest BCUT2D eigenvalue weighted by atomic mass is 10.1. The van der Waals surface area contributed by atoms with E-state index in [-0.39, 0.29) is 10.8 Å². The van der Waals surface area contributed by atoms with E-state index in [0.29, 0.717) is 17.8 Å². The fraction of sp³-hybridized carbons (Fsp3) is 0.0952. The summed E-state index contributed by atoms with van der Waals surface area (Å²) in [4.78, 5) is 12.6. The van der Waals surface area contributed by atoms with E-state index < -0.39 is 16.2 Å². The third kappa shape index (κ3) is 3.76. The number of benzene rings is 3. The Labute approximate surface area is 163 Å². The number of hydrogen-bond donors (Lipinski definition) is 3. The first-order chi connectivity index (χ1) is 13.5. The van der Waals surface area contributed by atoms with Crippen LogP contribution in [0.1, 0.15) is 27.7 Å². The number of nitrogens with one attached hydrogen (secondary N) is 3. The average molecular weight is 393 g/mol. The molecule has 1 heterocycles. The van der Waals surface area contributed by atoms with Crippen LogP contribution in [0.25, 0.3) is 0 Å². The van der Waals surface area contributed by atoms with Crippen molar-refractivity contribution in [2.45, 2.75) is 17.6 Å². The first-order valence-electron chi connectivity index (χ1n) is 8.83. The molecule has 1 aliphatic heterocycles. The van der Waals surface area contributed by atoms with Crippen molar-refractivity contribution in [3.05, 3.63) is 95.6 Å². The predicted octanol–water partition coefficient (Wildman–Crippen LogP) is 3.02. The first kappa shape index (κ1) is 18.2. The van der Waals surface area contributed by atoms with Gasteiger partial charge in [-0.3, -0.25) is 4.79 Å². The summed E-state index contributed by atoms with van der Waals surface area (Å²) < 4.78 is 27.5. The Bertz CT molecular complexity index is 1100. The Morgan fingerprint density at radius 3 is 2.32 bits per heavy atom. The summed E-state index contributed by atoms with van der Waals surface area (Å²) in [5.41, 5.74) is 2.80. The molecule has 3 N–H and O–H groups in total. The summed E-state index contributed by atoms with van der Waals surface area (Å²) in [6.07, 6.45) is -0.596. The summed E-state index contributed by atoms with van der Waals surface area (Å²) in [6, 6.07) is 23.3. The number of amides is 1. The first-order valence-corrected chi connectivity index (χ1v) is 10.3. The van der Waals surface area contributed by atoms with Crippen molar-refractivity contribution >= 4 is 21.6 Å². The van der Waals surface area contributed by atoms with E-state index in [1.807, 2.05) is 30.3 Å². The molecule has 0 aliphatic carbocycles. The molecule has 3 aromatic carbocycles. The monoisotopic (exact) mass is 393 g/mol. The Morgan fingerprint density at radius 2 is 1.57 bits per heavy atom. The van der Waals surface area contributed by atoms with Gasteiger partial charge in [-0.15, -0.1) is 0 Å². The van der Waals surface area contributed by atoms with Crippen LogP contribution >= 0.6 is 0 Å². The Kier molecular flexibility index (Phi) is 4.85. The van der Waals surface area contributed by atoms with E-state index >= 15 is 0 Å². The zero-order valence-electron chi connectivity index (χ0n) is 14.9. The molecule has 1 aliphatic rings. The van der Waals surface area contributed by atoms with Crippen LogP contribution in [-0.2, 0) is 16.6 Å². The zero-order valence-corrected chi connectivity index (χ0v) is 15.7. The van der Waals surface area contributed by atoms with E-state index in [4.69, 9.17) is 0 Å². The van der Waals surface area contributed by atoms with Crippen LogP contribution in [0.15, 0.2) is 83.8 Å². The second kappa shape index (κ2) is 7.46. The number of para-hydroxylation sites is 1. The van der Waals surface area contributed by atoms with Crippen LogP contribution in [0.5, 0.6) is 0 Å². The summed E-state index contributed by atoms with van der Waals surface area (Å²) in [5, 5.41) is 6.05. The maximum atomic E-state index is 12.4. The van der Waals surface area contributed by atoms with Gasteiger partial charge in [-0.2, -0.15) is 4.72 Å².